The van der Waals surface area contributed by atoms with Crippen molar-refractivity contribution in [3.63, 3.8) is 0 Å². The van der Waals surface area contributed by atoms with Gasteiger partial charge in [-0.15, -0.1) is 15.0 Å². The summed E-state index contributed by atoms with van der Waals surface area (Å²) in [5.41, 5.74) is 0. The maximum absolute atomic E-state index is 10.5. The Morgan fingerprint density at radius 2 is 2.36 bits per heavy atom. The number of rotatable bonds is 2. The molecule has 0 radical (unpaired) electrons. The van der Waals surface area contributed by atoms with E-state index in [1.807, 2.05) is 0 Å². The number of aromatic nitrogens is 5. The van der Waals surface area contributed by atoms with Crippen molar-refractivity contribution in [2.75, 3.05) is 0 Å². The van der Waals surface area contributed by atoms with Crippen molar-refractivity contribution >= 4 is 5.97 Å². The van der Waals surface area contributed by atoms with Gasteiger partial charge in [-0.1, -0.05) is 0 Å². The van der Waals surface area contributed by atoms with Gasteiger partial charge in [0.25, 0.3) is 5.82 Å². The summed E-state index contributed by atoms with van der Waals surface area (Å²) in [4.78, 5) is 11.7. The minimum absolute atomic E-state index is 0.314. The van der Waals surface area contributed by atoms with Crippen LogP contribution in [0.3, 0.4) is 0 Å². The average molecular weight is 193 g/mol. The Balaban J connectivity index is 2.43. The lowest BCUT2D eigenvalue weighted by Gasteiger charge is -1.97. The van der Waals surface area contributed by atoms with E-state index in [9.17, 15) is 4.79 Å². The van der Waals surface area contributed by atoms with E-state index in [1.54, 1.807) is 29.9 Å². The fraction of sp³-hybridized carbons (Fsp3) is 0.143. The van der Waals surface area contributed by atoms with E-state index in [1.165, 1.54) is 4.80 Å². The summed E-state index contributed by atoms with van der Waals surface area (Å²) in [7, 11) is 1.80. The number of carboxylic acids is 1. The highest BCUT2D eigenvalue weighted by Gasteiger charge is 2.12. The molecule has 0 aliphatic heterocycles. The van der Waals surface area contributed by atoms with Gasteiger partial charge in [0.1, 0.15) is 0 Å². The number of aromatic carboxylic acids is 1. The smallest absolute Gasteiger partial charge is 0.377 e. The number of carbonyl (C=O) groups is 1. The first-order valence-corrected chi connectivity index (χ1v) is 3.83. The van der Waals surface area contributed by atoms with Gasteiger partial charge in [0.15, 0.2) is 5.82 Å². The molecule has 0 saturated heterocycles. The van der Waals surface area contributed by atoms with E-state index in [0.717, 1.165) is 0 Å². The van der Waals surface area contributed by atoms with Crippen LogP contribution >= 0.6 is 0 Å². The molecule has 0 aromatic carbocycles. The molecule has 14 heavy (non-hydrogen) atoms. The average Bonchev–Trinajstić information content (AvgIpc) is 2.71. The topological polar surface area (TPSA) is 85.8 Å². The van der Waals surface area contributed by atoms with Crippen molar-refractivity contribution in [3.05, 3.63) is 24.2 Å². The van der Waals surface area contributed by atoms with Gasteiger partial charge < -0.3 is 9.67 Å². The SMILES string of the molecule is Cn1cccc1-n1nnc(C(=O)O)n1. The zero-order valence-corrected chi connectivity index (χ0v) is 7.32. The normalized spacial score (nSPS) is 10.4. The van der Waals surface area contributed by atoms with Gasteiger partial charge in [-0.05, 0) is 17.3 Å². The molecule has 2 heterocycles. The van der Waals surface area contributed by atoms with Crippen LogP contribution in [0.1, 0.15) is 10.6 Å². The molecule has 2 rings (SSSR count). The second-order valence-electron chi connectivity index (χ2n) is 2.68. The minimum Gasteiger partial charge on any atom is -0.475 e. The Bertz CT molecular complexity index is 472. The first-order valence-electron chi connectivity index (χ1n) is 3.83. The lowest BCUT2D eigenvalue weighted by Crippen LogP contribution is -2.05. The van der Waals surface area contributed by atoms with Crippen molar-refractivity contribution in [3.8, 4) is 5.82 Å². The van der Waals surface area contributed by atoms with Crippen molar-refractivity contribution < 1.29 is 9.90 Å². The van der Waals surface area contributed by atoms with Crippen LogP contribution in [0.4, 0.5) is 0 Å². The highest BCUT2D eigenvalue weighted by atomic mass is 16.4. The first kappa shape index (κ1) is 8.42. The van der Waals surface area contributed by atoms with Gasteiger partial charge in [0.05, 0.1) is 0 Å². The standard InChI is InChI=1S/C7H7N5O2/c1-11-4-2-3-5(11)12-9-6(7(13)14)8-10-12/h2-4H,1H3,(H,13,14). The lowest BCUT2D eigenvalue weighted by atomic mass is 10.6. The number of aryl methyl sites for hydroxylation is 1. The second-order valence-corrected chi connectivity index (χ2v) is 2.68. The Hall–Kier alpha value is -2.18. The number of hydrogen-bond donors (Lipinski definition) is 1. The molecule has 0 atom stereocenters. The van der Waals surface area contributed by atoms with Gasteiger partial charge in [-0.3, -0.25) is 0 Å². The number of hydrogen-bond acceptors (Lipinski definition) is 4. The number of tetrazole rings is 1. The Labute approximate surface area is 78.6 Å². The molecule has 0 amide bonds. The Morgan fingerprint density at radius 3 is 2.86 bits per heavy atom. The molecule has 0 unspecified atom stereocenters. The number of carboxylic acid groups (broad SMARTS) is 1. The maximum atomic E-state index is 10.5. The molecule has 1 N–H and O–H groups in total. The molecule has 0 aliphatic carbocycles. The van der Waals surface area contributed by atoms with Crippen LogP contribution < -0.4 is 0 Å². The van der Waals surface area contributed by atoms with Crippen molar-refractivity contribution in [2.45, 2.75) is 0 Å². The molecular weight excluding hydrogens is 186 g/mol. The Morgan fingerprint density at radius 1 is 1.57 bits per heavy atom. The highest BCUT2D eigenvalue weighted by molar-refractivity contribution is 5.82. The van der Waals surface area contributed by atoms with E-state index in [-0.39, 0.29) is 5.82 Å². The van der Waals surface area contributed by atoms with Gasteiger partial charge in [-0.25, -0.2) is 4.79 Å². The molecule has 0 aliphatic rings. The second kappa shape index (κ2) is 2.95. The third-order valence-electron chi connectivity index (χ3n) is 1.73. The lowest BCUT2D eigenvalue weighted by molar-refractivity contribution is 0.0683. The van der Waals surface area contributed by atoms with E-state index < -0.39 is 5.97 Å². The third kappa shape index (κ3) is 1.24. The van der Waals surface area contributed by atoms with Crippen LogP contribution in [0.15, 0.2) is 18.3 Å². The predicted molar refractivity (Wildman–Crippen MR) is 45.1 cm³/mol. The zero-order valence-electron chi connectivity index (χ0n) is 7.32. The highest BCUT2D eigenvalue weighted by Crippen LogP contribution is 2.03. The van der Waals surface area contributed by atoms with Crippen LogP contribution in [0.5, 0.6) is 0 Å². The summed E-state index contributed by atoms with van der Waals surface area (Å²) in [6.45, 7) is 0. The summed E-state index contributed by atoms with van der Waals surface area (Å²) in [6, 6.07) is 3.56. The van der Waals surface area contributed by atoms with E-state index >= 15 is 0 Å². The molecule has 0 spiro atoms. The predicted octanol–water partition coefficient (Wildman–Crippen LogP) is -0.301. The molecular formula is C7H7N5O2. The summed E-state index contributed by atoms with van der Waals surface area (Å²) < 4.78 is 1.76. The maximum Gasteiger partial charge on any atom is 0.377 e. The minimum atomic E-state index is -1.19. The molecule has 7 nitrogen and oxygen atoms in total. The van der Waals surface area contributed by atoms with Crippen LogP contribution in [0.2, 0.25) is 0 Å². The van der Waals surface area contributed by atoms with E-state index in [0.29, 0.717) is 5.82 Å². The van der Waals surface area contributed by atoms with E-state index in [2.05, 4.69) is 15.4 Å². The molecule has 2 aromatic rings. The monoisotopic (exact) mass is 193 g/mol. The quantitative estimate of drug-likeness (QED) is 0.707. The molecule has 72 valence electrons. The van der Waals surface area contributed by atoms with E-state index in [4.69, 9.17) is 5.11 Å². The van der Waals surface area contributed by atoms with Crippen molar-refractivity contribution in [1.82, 2.24) is 24.8 Å². The fourth-order valence-corrected chi connectivity index (χ4v) is 1.06. The summed E-state index contributed by atoms with van der Waals surface area (Å²) in [5.74, 6) is -0.846. The molecule has 0 bridgehead atoms. The van der Waals surface area contributed by atoms with Crippen LogP contribution in [0.25, 0.3) is 5.82 Å². The fourth-order valence-electron chi connectivity index (χ4n) is 1.06. The van der Waals surface area contributed by atoms with Gasteiger partial charge in [0.2, 0.25) is 0 Å². The summed E-state index contributed by atoms with van der Waals surface area (Å²) in [6.07, 6.45) is 1.80. The Kier molecular flexibility index (Phi) is 1.77. The summed E-state index contributed by atoms with van der Waals surface area (Å²) in [5, 5.41) is 19.3. The molecule has 0 fully saturated rings. The van der Waals surface area contributed by atoms with Gasteiger partial charge in [-0.2, -0.15) is 0 Å². The molecule has 0 saturated carbocycles. The largest absolute Gasteiger partial charge is 0.475 e. The van der Waals surface area contributed by atoms with Gasteiger partial charge in [0, 0.05) is 13.2 Å². The van der Waals surface area contributed by atoms with Crippen LogP contribution in [-0.2, 0) is 7.05 Å². The number of nitrogens with zero attached hydrogens (tertiary/aromatic N) is 5. The first-order chi connectivity index (χ1) is 6.68. The molecule has 2 aromatic heterocycles. The third-order valence-corrected chi connectivity index (χ3v) is 1.73. The van der Waals surface area contributed by atoms with Crippen LogP contribution in [0, 0.1) is 0 Å². The van der Waals surface area contributed by atoms with Gasteiger partial charge >= 0.3 is 5.97 Å². The van der Waals surface area contributed by atoms with Crippen molar-refractivity contribution in [2.24, 2.45) is 7.05 Å². The molecule has 7 heteroatoms. The van der Waals surface area contributed by atoms with Crippen molar-refractivity contribution in [1.29, 1.82) is 0 Å². The summed E-state index contributed by atoms with van der Waals surface area (Å²) >= 11 is 0. The zero-order chi connectivity index (χ0) is 10.1. The van der Waals surface area contributed by atoms with Crippen LogP contribution in [-0.4, -0.2) is 35.9 Å².